The Morgan fingerprint density at radius 2 is 0.900 bits per heavy atom. The molecule has 0 bridgehead atoms. The molecule has 1 nitrogen and oxygen atoms in total. The van der Waals surface area contributed by atoms with Crippen molar-refractivity contribution in [3.8, 4) is 0 Å². The number of nitrogens with one attached hydrogen (secondary N) is 1. The quantitative estimate of drug-likeness (QED) is 0.234. The second-order valence-electron chi connectivity index (χ2n) is 10.2. The van der Waals surface area contributed by atoms with Crippen molar-refractivity contribution < 1.29 is 17.3 Å². The first-order valence-electron chi connectivity index (χ1n) is 14.2. The summed E-state index contributed by atoms with van der Waals surface area (Å²) < 4.78 is 0. The first-order valence-corrected chi connectivity index (χ1v) is 14.2. The molecule has 1 N–H and O–H groups in total. The van der Waals surface area contributed by atoms with Gasteiger partial charge in [-0.05, 0) is 31.6 Å². The van der Waals surface area contributed by atoms with Crippen LogP contribution in [0.5, 0.6) is 0 Å². The topological polar surface area (TPSA) is 4.44 Å². The third kappa shape index (κ3) is 19.0. The number of hydrogen-bond acceptors (Lipinski definition) is 0. The minimum absolute atomic E-state index is 0. The number of unbranched alkanes of at least 4 members (excludes halogenated alkanes) is 13. The van der Waals surface area contributed by atoms with Crippen LogP contribution in [0.3, 0.4) is 0 Å². The molecule has 1 rings (SSSR count). The predicted octanol–water partition coefficient (Wildman–Crippen LogP) is 5.13. The van der Waals surface area contributed by atoms with Gasteiger partial charge in [0.15, 0.2) is 0 Å². The number of halogens is 1. The van der Waals surface area contributed by atoms with E-state index in [0.717, 1.165) is 5.92 Å². The van der Waals surface area contributed by atoms with Gasteiger partial charge in [-0.25, -0.2) is 0 Å². The molecule has 0 aromatic rings. The summed E-state index contributed by atoms with van der Waals surface area (Å²) in [6.07, 6.45) is 32.7. The fraction of sp³-hybridized carbons (Fsp3) is 1.00. The highest BCUT2D eigenvalue weighted by molar-refractivity contribution is 4.65. The summed E-state index contributed by atoms with van der Waals surface area (Å²) in [5, 5.41) is 0. The Balaban J connectivity index is 0.00000841. The molecule has 2 heteroatoms. The second-order valence-corrected chi connectivity index (χ2v) is 10.2. The molecule has 0 unspecified atom stereocenters. The van der Waals surface area contributed by atoms with Crippen LogP contribution in [0.1, 0.15) is 155 Å². The first-order chi connectivity index (χ1) is 14.4. The lowest BCUT2D eigenvalue weighted by molar-refractivity contribution is -0.900. The van der Waals surface area contributed by atoms with Crippen LogP contribution in [-0.2, 0) is 0 Å². The molecule has 0 radical (unpaired) electrons. The molecule has 1 fully saturated rings. The largest absolute Gasteiger partial charge is 1.00 e. The van der Waals surface area contributed by atoms with Gasteiger partial charge in [0.2, 0.25) is 0 Å². The van der Waals surface area contributed by atoms with Crippen LogP contribution >= 0.6 is 0 Å². The first kappa shape index (κ1) is 30.2. The molecule has 1 aliphatic rings. The summed E-state index contributed by atoms with van der Waals surface area (Å²) in [6.45, 7) is 8.84. The maximum absolute atomic E-state index is 2.33. The van der Waals surface area contributed by atoms with Crippen molar-refractivity contribution in [2.45, 2.75) is 155 Å². The van der Waals surface area contributed by atoms with Gasteiger partial charge in [0.25, 0.3) is 0 Å². The summed E-state index contributed by atoms with van der Waals surface area (Å²) in [7, 11) is 0. The second kappa shape index (κ2) is 23.9. The normalized spacial score (nSPS) is 14.9. The van der Waals surface area contributed by atoms with Gasteiger partial charge in [0, 0.05) is 0 Å². The van der Waals surface area contributed by atoms with Gasteiger partial charge < -0.3 is 17.3 Å². The van der Waals surface area contributed by atoms with Crippen LogP contribution in [0.25, 0.3) is 0 Å². The molecule has 1 aliphatic carbocycles. The fourth-order valence-electron chi connectivity index (χ4n) is 5.49. The number of hydrogen-bond donors (Lipinski definition) is 1. The van der Waals surface area contributed by atoms with Crippen LogP contribution < -0.4 is 17.3 Å². The maximum atomic E-state index is 2.33. The Morgan fingerprint density at radius 1 is 0.500 bits per heavy atom. The van der Waals surface area contributed by atoms with Crippen molar-refractivity contribution in [3.63, 3.8) is 0 Å². The maximum Gasteiger partial charge on any atom is 0.0770 e. The van der Waals surface area contributed by atoms with Crippen LogP contribution in [0.2, 0.25) is 0 Å². The highest BCUT2D eigenvalue weighted by atomic mass is 35.5. The van der Waals surface area contributed by atoms with E-state index in [2.05, 4.69) is 13.8 Å². The number of quaternary nitrogens is 1. The molecule has 0 aromatic carbocycles. The van der Waals surface area contributed by atoms with Gasteiger partial charge in [0.05, 0.1) is 19.6 Å². The molecule has 0 aromatic heterocycles. The van der Waals surface area contributed by atoms with E-state index < -0.39 is 0 Å². The number of rotatable bonds is 21. The fourth-order valence-corrected chi connectivity index (χ4v) is 5.49. The van der Waals surface area contributed by atoms with E-state index in [-0.39, 0.29) is 12.4 Å². The predicted molar refractivity (Wildman–Crippen MR) is 132 cm³/mol. The lowest BCUT2D eigenvalue weighted by Crippen LogP contribution is -3.12. The van der Waals surface area contributed by atoms with Crippen LogP contribution in [-0.4, -0.2) is 19.6 Å². The third-order valence-corrected chi connectivity index (χ3v) is 7.32. The van der Waals surface area contributed by atoms with Crippen molar-refractivity contribution in [1.29, 1.82) is 0 Å². The van der Waals surface area contributed by atoms with E-state index in [1.165, 1.54) is 161 Å². The summed E-state index contributed by atoms with van der Waals surface area (Å²) in [6, 6.07) is 0. The Labute approximate surface area is 197 Å². The summed E-state index contributed by atoms with van der Waals surface area (Å²) in [5.41, 5.74) is 0. The average Bonchev–Trinajstić information content (AvgIpc) is 2.74. The SMILES string of the molecule is CCC[NH+](CCC)CCCCCCCCCCCCCCCCC1CCCCC1.[Cl-]. The van der Waals surface area contributed by atoms with Gasteiger partial charge in [-0.15, -0.1) is 0 Å². The van der Waals surface area contributed by atoms with Crippen molar-refractivity contribution in [2.24, 2.45) is 5.92 Å². The van der Waals surface area contributed by atoms with Gasteiger partial charge in [0.1, 0.15) is 0 Å². The molecule has 0 heterocycles. The summed E-state index contributed by atoms with van der Waals surface area (Å²) in [5.74, 6) is 1.10. The summed E-state index contributed by atoms with van der Waals surface area (Å²) in [4.78, 5) is 1.85. The Kier molecular flexibility index (Phi) is 24.1. The zero-order valence-corrected chi connectivity index (χ0v) is 21.9. The van der Waals surface area contributed by atoms with Gasteiger partial charge >= 0.3 is 0 Å². The molecule has 0 spiro atoms. The van der Waals surface area contributed by atoms with Gasteiger partial charge in [-0.1, -0.05) is 129 Å². The van der Waals surface area contributed by atoms with Gasteiger partial charge in [-0.2, -0.15) is 0 Å². The lowest BCUT2D eigenvalue weighted by atomic mass is 9.85. The molecular formula is C28H58ClN. The minimum atomic E-state index is 0. The van der Waals surface area contributed by atoms with E-state index in [1.807, 2.05) is 4.90 Å². The monoisotopic (exact) mass is 443 g/mol. The Hall–Kier alpha value is 0.250. The van der Waals surface area contributed by atoms with E-state index in [0.29, 0.717) is 0 Å². The molecule has 0 aliphatic heterocycles. The van der Waals surface area contributed by atoms with Crippen LogP contribution in [0.4, 0.5) is 0 Å². The van der Waals surface area contributed by atoms with Crippen LogP contribution in [0.15, 0.2) is 0 Å². The average molecular weight is 444 g/mol. The van der Waals surface area contributed by atoms with E-state index in [4.69, 9.17) is 0 Å². The zero-order chi connectivity index (χ0) is 20.8. The Bertz CT molecular complexity index is 308. The van der Waals surface area contributed by atoms with Gasteiger partial charge in [-0.3, -0.25) is 0 Å². The van der Waals surface area contributed by atoms with Crippen molar-refractivity contribution in [3.05, 3.63) is 0 Å². The molecule has 0 atom stereocenters. The van der Waals surface area contributed by atoms with Crippen molar-refractivity contribution in [1.82, 2.24) is 0 Å². The highest BCUT2D eigenvalue weighted by Gasteiger charge is 2.12. The molecule has 0 amide bonds. The minimum Gasteiger partial charge on any atom is -1.00 e. The van der Waals surface area contributed by atoms with E-state index in [9.17, 15) is 0 Å². The molecule has 0 saturated heterocycles. The molecule has 1 saturated carbocycles. The van der Waals surface area contributed by atoms with Crippen molar-refractivity contribution >= 4 is 0 Å². The zero-order valence-electron chi connectivity index (χ0n) is 21.1. The lowest BCUT2D eigenvalue weighted by Gasteiger charge is -2.21. The highest BCUT2D eigenvalue weighted by Crippen LogP contribution is 2.28. The molecular weight excluding hydrogens is 386 g/mol. The van der Waals surface area contributed by atoms with E-state index >= 15 is 0 Å². The smallest absolute Gasteiger partial charge is 0.0770 e. The van der Waals surface area contributed by atoms with E-state index in [1.54, 1.807) is 0 Å². The van der Waals surface area contributed by atoms with Crippen LogP contribution in [0, 0.1) is 5.92 Å². The molecule has 30 heavy (non-hydrogen) atoms. The Morgan fingerprint density at radius 3 is 1.33 bits per heavy atom. The van der Waals surface area contributed by atoms with Crippen molar-refractivity contribution in [2.75, 3.05) is 19.6 Å². The summed E-state index contributed by atoms with van der Waals surface area (Å²) >= 11 is 0. The standard InChI is InChI=1S/C28H57N.ClH/c1-3-25-29(26-4-2)27-21-16-14-12-10-8-6-5-7-9-11-13-15-18-22-28-23-19-17-20-24-28;/h28H,3-27H2,1-2H3;1H. The third-order valence-electron chi connectivity index (χ3n) is 7.32. The molecule has 182 valence electrons.